The van der Waals surface area contributed by atoms with Crippen LogP contribution in [0.15, 0.2) is 11.6 Å². The molecular weight excluding hydrogens is 380 g/mol. The molecule has 0 heterocycles. The predicted octanol–water partition coefficient (Wildman–Crippen LogP) is 7.02. The van der Waals surface area contributed by atoms with Crippen molar-refractivity contribution in [3.8, 4) is 0 Å². The van der Waals surface area contributed by atoms with E-state index in [-0.39, 0.29) is 22.4 Å². The first-order chi connectivity index (χ1) is 14.4. The van der Waals surface area contributed by atoms with Crippen LogP contribution < -0.4 is 0 Å². The summed E-state index contributed by atoms with van der Waals surface area (Å²) in [7, 11) is 0. The molecule has 2 nitrogen and oxygen atoms in total. The molecule has 0 bridgehead atoms. The Balaban J connectivity index is 1.63. The first-order valence-corrected chi connectivity index (χ1v) is 13.2. The van der Waals surface area contributed by atoms with Gasteiger partial charge in [0.25, 0.3) is 0 Å². The summed E-state index contributed by atoms with van der Waals surface area (Å²) in [5.74, 6) is 3.08. The molecule has 0 N–H and O–H groups in total. The Morgan fingerprint density at radius 3 is 2.29 bits per heavy atom. The van der Waals surface area contributed by atoms with Crippen LogP contribution >= 0.6 is 0 Å². The number of allylic oxidation sites excluding steroid dienone is 2. The lowest BCUT2D eigenvalue weighted by atomic mass is 9.34. The highest BCUT2D eigenvalue weighted by molar-refractivity contribution is 6.40. The van der Waals surface area contributed by atoms with Gasteiger partial charge in [-0.15, -0.1) is 0 Å². The van der Waals surface area contributed by atoms with Crippen molar-refractivity contribution in [2.75, 3.05) is 0 Å². The van der Waals surface area contributed by atoms with E-state index in [0.29, 0.717) is 35.5 Å². The van der Waals surface area contributed by atoms with Crippen molar-refractivity contribution in [3.63, 3.8) is 0 Å². The van der Waals surface area contributed by atoms with E-state index in [0.717, 1.165) is 24.7 Å². The average molecular weight is 425 g/mol. The molecule has 0 aromatic rings. The summed E-state index contributed by atoms with van der Waals surface area (Å²) >= 11 is 0. The lowest BCUT2D eigenvalue weighted by Gasteiger charge is -2.69. The fourth-order valence-corrected chi connectivity index (χ4v) is 10.2. The lowest BCUT2D eigenvalue weighted by molar-refractivity contribution is -0.180. The van der Waals surface area contributed by atoms with Gasteiger partial charge in [-0.1, -0.05) is 60.1 Å². The molecular formula is C29H44O2. The number of rotatable bonds is 0. The summed E-state index contributed by atoms with van der Waals surface area (Å²) in [4.78, 5) is 26.2. The van der Waals surface area contributed by atoms with Crippen LogP contribution in [0.4, 0.5) is 0 Å². The maximum atomic E-state index is 13.5. The van der Waals surface area contributed by atoms with E-state index in [1.165, 1.54) is 32.1 Å². The Bertz CT molecular complexity index is 855. The number of carbonyl (C=O) groups excluding carboxylic acids is 2. The predicted molar refractivity (Wildman–Crippen MR) is 125 cm³/mol. The first kappa shape index (κ1) is 21.9. The quantitative estimate of drug-likeness (QED) is 0.309. The zero-order chi connectivity index (χ0) is 22.6. The highest BCUT2D eigenvalue weighted by Crippen LogP contribution is 2.74. The molecule has 5 rings (SSSR count). The van der Waals surface area contributed by atoms with Crippen molar-refractivity contribution >= 4 is 11.6 Å². The summed E-state index contributed by atoms with van der Waals surface area (Å²) in [6.45, 7) is 17.0. The van der Waals surface area contributed by atoms with Crippen LogP contribution in [-0.2, 0) is 9.59 Å². The molecule has 0 aliphatic heterocycles. The standard InChI is InChI=1S/C29H44O2/c1-17-10-12-26(4)14-15-27(5)21(24(26)19(17)3)8-9-23-28(27,6)13-11-20-18(2)16-22(30)25(31)29(20,23)7/h8,17-20,23-24H,9-16H2,1-7H3/t17-,18-,19+,20+,23+,24+,26-,27-,28-,29+/m1/s1. The van der Waals surface area contributed by atoms with Gasteiger partial charge in [-0.05, 0) is 96.7 Å². The smallest absolute Gasteiger partial charge is 0.204 e. The minimum absolute atomic E-state index is 0.0349. The van der Waals surface area contributed by atoms with Gasteiger partial charge in [0, 0.05) is 11.8 Å². The number of Topliss-reactive ketones (excluding diaryl/α,β-unsaturated/α-hetero) is 2. The molecule has 10 atom stereocenters. The monoisotopic (exact) mass is 424 g/mol. The van der Waals surface area contributed by atoms with Gasteiger partial charge in [0.15, 0.2) is 5.78 Å². The molecule has 172 valence electrons. The minimum atomic E-state index is -0.473. The van der Waals surface area contributed by atoms with Gasteiger partial charge < -0.3 is 0 Å². The Morgan fingerprint density at radius 1 is 0.871 bits per heavy atom. The molecule has 0 amide bonds. The Labute approximate surface area is 190 Å². The maximum Gasteiger partial charge on any atom is 0.204 e. The fourth-order valence-electron chi connectivity index (χ4n) is 10.2. The van der Waals surface area contributed by atoms with E-state index >= 15 is 0 Å². The van der Waals surface area contributed by atoms with E-state index in [1.807, 2.05) is 0 Å². The van der Waals surface area contributed by atoms with Gasteiger partial charge in [-0.3, -0.25) is 9.59 Å². The largest absolute Gasteiger partial charge is 0.291 e. The second-order valence-corrected chi connectivity index (χ2v) is 13.6. The summed E-state index contributed by atoms with van der Waals surface area (Å²) in [6, 6.07) is 0. The number of carbonyl (C=O) groups is 2. The first-order valence-electron chi connectivity index (χ1n) is 13.2. The molecule has 0 aromatic carbocycles. The molecule has 0 radical (unpaired) electrons. The van der Waals surface area contributed by atoms with Crippen LogP contribution in [0.25, 0.3) is 0 Å². The van der Waals surface area contributed by atoms with Crippen molar-refractivity contribution in [1.82, 2.24) is 0 Å². The van der Waals surface area contributed by atoms with Crippen molar-refractivity contribution in [1.29, 1.82) is 0 Å². The third kappa shape index (κ3) is 2.52. The maximum absolute atomic E-state index is 13.5. The molecule has 5 aliphatic rings. The van der Waals surface area contributed by atoms with Gasteiger partial charge in [0.2, 0.25) is 5.78 Å². The second kappa shape index (κ2) is 6.57. The van der Waals surface area contributed by atoms with Crippen molar-refractivity contribution in [3.05, 3.63) is 11.6 Å². The normalized spacial score (nSPS) is 56.7. The van der Waals surface area contributed by atoms with E-state index < -0.39 is 5.41 Å². The Kier molecular flexibility index (Phi) is 4.64. The fraction of sp³-hybridized carbons (Fsp3) is 0.862. The molecule has 31 heavy (non-hydrogen) atoms. The number of hydrogen-bond acceptors (Lipinski definition) is 2. The molecule has 2 heteroatoms. The molecule has 0 unspecified atom stereocenters. The second-order valence-electron chi connectivity index (χ2n) is 13.6. The number of hydrogen-bond donors (Lipinski definition) is 0. The SMILES string of the molecule is C[C@H]1[C@H](C)CC[C@]2(C)CC[C@]3(C)C(=CC[C@@H]4[C@@]5(C)C(=O)C(=O)C[C@@H](C)[C@@H]5CC[C@]43C)[C@H]12. The third-order valence-electron chi connectivity index (χ3n) is 12.5. The minimum Gasteiger partial charge on any atom is -0.291 e. The van der Waals surface area contributed by atoms with Crippen molar-refractivity contribution in [2.45, 2.75) is 99.8 Å². The van der Waals surface area contributed by atoms with E-state index in [2.05, 4.69) is 54.5 Å². The van der Waals surface area contributed by atoms with Crippen LogP contribution in [0, 0.1) is 57.2 Å². The Hall–Kier alpha value is -0.920. The zero-order valence-electron chi connectivity index (χ0n) is 21.0. The highest BCUT2D eigenvalue weighted by atomic mass is 16.2. The molecule has 0 spiro atoms. The van der Waals surface area contributed by atoms with E-state index in [4.69, 9.17) is 0 Å². The van der Waals surface area contributed by atoms with E-state index in [9.17, 15) is 9.59 Å². The van der Waals surface area contributed by atoms with Crippen LogP contribution in [-0.4, -0.2) is 11.6 Å². The summed E-state index contributed by atoms with van der Waals surface area (Å²) in [5.41, 5.74) is 1.97. The van der Waals surface area contributed by atoms with Gasteiger partial charge in [-0.2, -0.15) is 0 Å². The molecule has 5 aliphatic carbocycles. The van der Waals surface area contributed by atoms with Gasteiger partial charge in [0.05, 0.1) is 0 Å². The van der Waals surface area contributed by atoms with Crippen LogP contribution in [0.3, 0.4) is 0 Å². The number of ketones is 2. The molecule has 4 fully saturated rings. The molecule has 0 aromatic heterocycles. The number of fused-ring (bicyclic) bond motifs is 7. The van der Waals surface area contributed by atoms with E-state index in [1.54, 1.807) is 5.57 Å². The lowest BCUT2D eigenvalue weighted by Crippen LogP contribution is -2.65. The Morgan fingerprint density at radius 2 is 1.58 bits per heavy atom. The summed E-state index contributed by atoms with van der Waals surface area (Å²) < 4.78 is 0. The van der Waals surface area contributed by atoms with Crippen molar-refractivity contribution in [2.24, 2.45) is 57.2 Å². The third-order valence-corrected chi connectivity index (χ3v) is 12.5. The van der Waals surface area contributed by atoms with Crippen LogP contribution in [0.5, 0.6) is 0 Å². The average Bonchev–Trinajstić information content (AvgIpc) is 2.70. The topological polar surface area (TPSA) is 34.1 Å². The van der Waals surface area contributed by atoms with Gasteiger partial charge >= 0.3 is 0 Å². The van der Waals surface area contributed by atoms with Crippen molar-refractivity contribution < 1.29 is 9.59 Å². The zero-order valence-corrected chi connectivity index (χ0v) is 21.0. The van der Waals surface area contributed by atoms with Gasteiger partial charge in [-0.25, -0.2) is 0 Å². The molecule has 4 saturated carbocycles. The summed E-state index contributed by atoms with van der Waals surface area (Å²) in [5, 5.41) is 0. The van der Waals surface area contributed by atoms with Crippen LogP contribution in [0.1, 0.15) is 99.8 Å². The summed E-state index contributed by atoms with van der Waals surface area (Å²) in [6.07, 6.45) is 11.7. The van der Waals surface area contributed by atoms with Crippen LogP contribution in [0.2, 0.25) is 0 Å². The molecule has 0 saturated heterocycles. The highest BCUT2D eigenvalue weighted by Gasteiger charge is 2.68. The van der Waals surface area contributed by atoms with Gasteiger partial charge in [0.1, 0.15) is 0 Å².